The highest BCUT2D eigenvalue weighted by molar-refractivity contribution is 5.96. The van der Waals surface area contributed by atoms with E-state index < -0.39 is 18.2 Å². The van der Waals surface area contributed by atoms with Crippen LogP contribution in [-0.4, -0.2) is 39.7 Å². The number of hydrogen-bond donors (Lipinski definition) is 0. The molecule has 6 nitrogen and oxygen atoms in total. The van der Waals surface area contributed by atoms with E-state index in [0.717, 1.165) is 24.2 Å². The fourth-order valence-electron chi connectivity index (χ4n) is 4.04. The number of benzene rings is 3. The fraction of sp³-hybridized carbons (Fsp3) is 0.222. The lowest BCUT2D eigenvalue weighted by atomic mass is 9.99. The van der Waals surface area contributed by atoms with Crippen molar-refractivity contribution in [3.63, 3.8) is 0 Å². The molecule has 0 saturated carbocycles. The molecule has 36 heavy (non-hydrogen) atoms. The number of ether oxygens (including phenoxy) is 1. The number of para-hydroxylation sites is 1. The summed E-state index contributed by atoms with van der Waals surface area (Å²) in [7, 11) is 0. The molecule has 0 bridgehead atoms. The molecule has 0 atom stereocenters. The molecule has 9 heteroatoms. The van der Waals surface area contributed by atoms with Crippen LogP contribution >= 0.6 is 0 Å². The van der Waals surface area contributed by atoms with Gasteiger partial charge in [-0.05, 0) is 54.5 Å². The molecule has 0 saturated heterocycles. The van der Waals surface area contributed by atoms with Crippen molar-refractivity contribution in [2.45, 2.75) is 26.6 Å². The van der Waals surface area contributed by atoms with E-state index in [0.29, 0.717) is 23.3 Å². The number of fused-ring (bicyclic) bond motifs is 1. The van der Waals surface area contributed by atoms with Gasteiger partial charge in [0, 0.05) is 12.1 Å². The Balaban J connectivity index is 1.97. The second kappa shape index (κ2) is 10.2. The Morgan fingerprint density at radius 2 is 1.78 bits per heavy atom. The summed E-state index contributed by atoms with van der Waals surface area (Å²) in [5.41, 5.74) is 3.76. The van der Waals surface area contributed by atoms with Gasteiger partial charge >= 0.3 is 18.2 Å². The lowest BCUT2D eigenvalue weighted by Crippen LogP contribution is -2.29. The summed E-state index contributed by atoms with van der Waals surface area (Å²) in [6.07, 6.45) is -5.20. The highest BCUT2D eigenvalue weighted by atomic mass is 19.4. The van der Waals surface area contributed by atoms with Gasteiger partial charge in [0.15, 0.2) is 0 Å². The molecular formula is C27H23F3N4O2. The van der Waals surface area contributed by atoms with E-state index in [2.05, 4.69) is 29.8 Å². The van der Waals surface area contributed by atoms with Crippen LogP contribution in [0.3, 0.4) is 0 Å². The first-order chi connectivity index (χ1) is 17.2. The Morgan fingerprint density at radius 1 is 1.06 bits per heavy atom. The molecule has 4 aromatic rings. The van der Waals surface area contributed by atoms with Crippen LogP contribution in [0.4, 0.5) is 13.2 Å². The summed E-state index contributed by atoms with van der Waals surface area (Å²) >= 11 is 0. The molecule has 3 aromatic carbocycles. The maximum Gasteiger partial charge on any atom is 0.491 e. The number of imidazole rings is 1. The highest BCUT2D eigenvalue weighted by Crippen LogP contribution is 2.36. The lowest BCUT2D eigenvalue weighted by Gasteiger charge is -2.18. The van der Waals surface area contributed by atoms with Crippen LogP contribution in [0.2, 0.25) is 0 Å². The van der Waals surface area contributed by atoms with E-state index in [1.54, 1.807) is 36.4 Å². The zero-order valence-corrected chi connectivity index (χ0v) is 19.7. The predicted molar refractivity (Wildman–Crippen MR) is 130 cm³/mol. The number of nitrogens with zero attached hydrogens (tertiary/aromatic N) is 4. The molecule has 1 heterocycles. The first kappa shape index (κ1) is 24.9. The second-order valence-corrected chi connectivity index (χ2v) is 8.12. The minimum atomic E-state index is -5.20. The minimum absolute atomic E-state index is 0.229. The maximum absolute atomic E-state index is 13.0. The summed E-state index contributed by atoms with van der Waals surface area (Å²) in [6.45, 7) is 6.63. The highest BCUT2D eigenvalue weighted by Gasteiger charge is 2.42. The second-order valence-electron chi connectivity index (χ2n) is 8.12. The molecule has 0 spiro atoms. The molecule has 0 aliphatic rings. The number of hydrogen-bond acceptors (Lipinski definition) is 5. The fourth-order valence-corrected chi connectivity index (χ4v) is 4.04. The number of carbonyl (C=O) groups excluding carboxylic acids is 1. The summed E-state index contributed by atoms with van der Waals surface area (Å²) in [5.74, 6) is -2.38. The van der Waals surface area contributed by atoms with Crippen LogP contribution < -0.4 is 4.74 Å². The third-order valence-corrected chi connectivity index (χ3v) is 5.82. The van der Waals surface area contributed by atoms with Crippen LogP contribution in [0.1, 0.15) is 25.0 Å². The van der Waals surface area contributed by atoms with Gasteiger partial charge < -0.3 is 4.74 Å². The van der Waals surface area contributed by atoms with Gasteiger partial charge in [0.25, 0.3) is 0 Å². The molecule has 0 fully saturated rings. The van der Waals surface area contributed by atoms with Gasteiger partial charge in [0.1, 0.15) is 0 Å². The number of esters is 1. The Morgan fingerprint density at radius 3 is 2.42 bits per heavy atom. The van der Waals surface area contributed by atoms with Gasteiger partial charge in [-0.1, -0.05) is 50.2 Å². The van der Waals surface area contributed by atoms with Gasteiger partial charge in [-0.15, -0.1) is 0 Å². The van der Waals surface area contributed by atoms with Crippen molar-refractivity contribution < 1.29 is 22.7 Å². The van der Waals surface area contributed by atoms with Gasteiger partial charge in [-0.2, -0.15) is 23.4 Å². The van der Waals surface area contributed by atoms with Crippen molar-refractivity contribution in [2.75, 3.05) is 13.1 Å². The summed E-state index contributed by atoms with van der Waals surface area (Å²) in [5, 5.41) is 9.63. The summed E-state index contributed by atoms with van der Waals surface area (Å²) < 4.78 is 45.2. The normalized spacial score (nSPS) is 11.6. The first-order valence-electron chi connectivity index (χ1n) is 11.4. The maximum atomic E-state index is 13.0. The summed E-state index contributed by atoms with van der Waals surface area (Å²) in [6, 6.07) is 20.9. The standard InChI is InChI=1S/C27H23F3N4O2/c1-3-33(4-2)17-18-9-8-10-20(13-18)22-14-19(16-31)15-23-24(22)34(21-11-6-5-7-12-21)26(32-23)36-25(35)27(28,29)30/h5-15H,3-4,17H2,1-2H3. The number of aromatic nitrogens is 2. The van der Waals surface area contributed by atoms with Crippen molar-refractivity contribution in [2.24, 2.45) is 0 Å². The van der Waals surface area contributed by atoms with E-state index in [1.807, 2.05) is 24.3 Å². The molecule has 1 aromatic heterocycles. The third-order valence-electron chi connectivity index (χ3n) is 5.82. The van der Waals surface area contributed by atoms with E-state index >= 15 is 0 Å². The van der Waals surface area contributed by atoms with Gasteiger partial charge in [-0.3, -0.25) is 9.47 Å². The molecule has 0 amide bonds. The number of alkyl halides is 3. The van der Waals surface area contributed by atoms with Crippen molar-refractivity contribution >= 4 is 17.0 Å². The minimum Gasteiger partial charge on any atom is -0.385 e. The molecule has 0 N–H and O–H groups in total. The Kier molecular flexibility index (Phi) is 7.08. The van der Waals surface area contributed by atoms with Crippen LogP contribution in [-0.2, 0) is 11.3 Å². The summed E-state index contributed by atoms with van der Waals surface area (Å²) in [4.78, 5) is 18.2. The molecule has 0 aliphatic heterocycles. The SMILES string of the molecule is CCN(CC)Cc1cccc(-c2cc(C#N)cc3nc(OC(=O)C(F)(F)F)n(-c4ccccc4)c23)c1. The zero-order chi connectivity index (χ0) is 25.9. The number of carbonyl (C=O) groups is 1. The smallest absolute Gasteiger partial charge is 0.385 e. The number of nitriles is 1. The topological polar surface area (TPSA) is 71.2 Å². The average Bonchev–Trinajstić information content (AvgIpc) is 3.24. The molecule has 4 rings (SSSR count). The van der Waals surface area contributed by atoms with Crippen molar-refractivity contribution in [1.82, 2.24) is 14.5 Å². The van der Waals surface area contributed by atoms with E-state index in [4.69, 9.17) is 4.74 Å². The third kappa shape index (κ3) is 5.09. The predicted octanol–water partition coefficient (Wildman–Crippen LogP) is 5.87. The van der Waals surface area contributed by atoms with Gasteiger partial charge in [0.2, 0.25) is 0 Å². The van der Waals surface area contributed by atoms with Crippen molar-refractivity contribution in [1.29, 1.82) is 5.26 Å². The Hall–Kier alpha value is -4.16. The first-order valence-corrected chi connectivity index (χ1v) is 11.4. The molecule has 184 valence electrons. The van der Waals surface area contributed by atoms with E-state index in [1.165, 1.54) is 10.6 Å². The van der Waals surface area contributed by atoms with Crippen molar-refractivity contribution in [3.8, 4) is 28.9 Å². The van der Waals surface area contributed by atoms with Gasteiger partial charge in [-0.25, -0.2) is 4.79 Å². The number of rotatable bonds is 7. The average molecular weight is 493 g/mol. The monoisotopic (exact) mass is 492 g/mol. The van der Waals surface area contributed by atoms with E-state index in [9.17, 15) is 23.2 Å². The van der Waals surface area contributed by atoms with Crippen LogP contribution in [0.25, 0.3) is 27.8 Å². The van der Waals surface area contributed by atoms with E-state index in [-0.39, 0.29) is 11.1 Å². The molecule has 0 aliphatic carbocycles. The van der Waals surface area contributed by atoms with Crippen LogP contribution in [0.15, 0.2) is 66.7 Å². The largest absolute Gasteiger partial charge is 0.491 e. The Labute approximate surface area is 206 Å². The van der Waals surface area contributed by atoms with Crippen LogP contribution in [0.5, 0.6) is 6.01 Å². The number of halogens is 3. The van der Waals surface area contributed by atoms with Gasteiger partial charge in [0.05, 0.1) is 28.4 Å². The lowest BCUT2D eigenvalue weighted by molar-refractivity contribution is -0.190. The van der Waals surface area contributed by atoms with Crippen LogP contribution in [0, 0.1) is 11.3 Å². The zero-order valence-electron chi connectivity index (χ0n) is 19.7. The molecular weight excluding hydrogens is 469 g/mol. The molecule has 0 radical (unpaired) electrons. The molecule has 0 unspecified atom stereocenters. The Bertz CT molecular complexity index is 1440. The van der Waals surface area contributed by atoms with Crippen molar-refractivity contribution in [3.05, 3.63) is 77.9 Å². The quantitative estimate of drug-likeness (QED) is 0.302.